The molecular weight excluding hydrogens is 419 g/mol. The van der Waals surface area contributed by atoms with Crippen molar-refractivity contribution in [2.45, 2.75) is 13.5 Å². The molecule has 0 saturated heterocycles. The number of hydrogen-bond acceptors (Lipinski definition) is 4. The number of aromatic nitrogens is 2. The molecule has 1 aromatic heterocycles. The minimum Gasteiger partial charge on any atom is -0.507 e. The second kappa shape index (κ2) is 8.57. The molecule has 0 bridgehead atoms. The molecule has 156 valence electrons. The molecular formula is C23H18ClFN4O2. The zero-order valence-corrected chi connectivity index (χ0v) is 17.3. The summed E-state index contributed by atoms with van der Waals surface area (Å²) >= 11 is 6.42. The van der Waals surface area contributed by atoms with Crippen molar-refractivity contribution in [2.75, 3.05) is 0 Å². The number of rotatable bonds is 5. The number of amides is 1. The predicted octanol–water partition coefficient (Wildman–Crippen LogP) is 4.66. The topological polar surface area (TPSA) is 79.5 Å². The van der Waals surface area contributed by atoms with Crippen LogP contribution in [0.4, 0.5) is 4.39 Å². The Labute approximate surface area is 182 Å². The molecule has 3 aromatic carbocycles. The van der Waals surface area contributed by atoms with E-state index in [0.29, 0.717) is 23.0 Å². The average Bonchev–Trinajstić information content (AvgIpc) is 3.02. The number of hydrogen-bond donors (Lipinski definition) is 2. The lowest BCUT2D eigenvalue weighted by Crippen LogP contribution is -2.17. The predicted molar refractivity (Wildman–Crippen MR) is 118 cm³/mol. The molecule has 31 heavy (non-hydrogen) atoms. The first-order valence-corrected chi connectivity index (χ1v) is 9.82. The molecule has 8 heteroatoms. The third-order valence-electron chi connectivity index (χ3n) is 4.82. The average molecular weight is 437 g/mol. The Morgan fingerprint density at radius 1 is 1.19 bits per heavy atom. The van der Waals surface area contributed by atoms with Gasteiger partial charge in [-0.15, -0.1) is 0 Å². The number of phenolic OH excluding ortho intramolecular Hbond substituents is 1. The van der Waals surface area contributed by atoms with Gasteiger partial charge in [-0.25, -0.2) is 14.5 Å². The summed E-state index contributed by atoms with van der Waals surface area (Å²) < 4.78 is 14.7. The van der Waals surface area contributed by atoms with Crippen LogP contribution in [-0.2, 0) is 6.54 Å². The van der Waals surface area contributed by atoms with Crippen LogP contribution in [0.25, 0.3) is 10.8 Å². The molecule has 0 spiro atoms. The lowest BCUT2D eigenvalue weighted by Gasteiger charge is -2.05. The quantitative estimate of drug-likeness (QED) is 0.353. The Balaban J connectivity index is 1.50. The Kier molecular flexibility index (Phi) is 5.68. The number of fused-ring (bicyclic) bond motifs is 1. The van der Waals surface area contributed by atoms with Crippen molar-refractivity contribution in [3.8, 4) is 5.75 Å². The second-order valence-electron chi connectivity index (χ2n) is 6.99. The monoisotopic (exact) mass is 436 g/mol. The molecule has 0 aliphatic heterocycles. The van der Waals surface area contributed by atoms with Crippen molar-refractivity contribution in [3.05, 3.63) is 94.0 Å². The highest BCUT2D eigenvalue weighted by molar-refractivity contribution is 6.32. The maximum absolute atomic E-state index is 13.1. The first-order valence-electron chi connectivity index (χ1n) is 9.45. The van der Waals surface area contributed by atoms with E-state index in [-0.39, 0.29) is 17.1 Å². The zero-order chi connectivity index (χ0) is 22.0. The van der Waals surface area contributed by atoms with Crippen molar-refractivity contribution in [1.82, 2.24) is 15.2 Å². The zero-order valence-electron chi connectivity index (χ0n) is 16.5. The van der Waals surface area contributed by atoms with E-state index in [1.165, 1.54) is 24.4 Å². The molecule has 0 fully saturated rings. The minimum absolute atomic E-state index is 0.116. The molecule has 0 unspecified atom stereocenters. The first kappa shape index (κ1) is 20.6. The van der Waals surface area contributed by atoms with Gasteiger partial charge in [-0.05, 0) is 47.5 Å². The highest BCUT2D eigenvalue weighted by atomic mass is 35.5. The van der Waals surface area contributed by atoms with Crippen LogP contribution < -0.4 is 5.43 Å². The van der Waals surface area contributed by atoms with Gasteiger partial charge in [0.15, 0.2) is 0 Å². The van der Waals surface area contributed by atoms with E-state index in [1.54, 1.807) is 29.8 Å². The summed E-state index contributed by atoms with van der Waals surface area (Å²) in [6, 6.07) is 16.6. The van der Waals surface area contributed by atoms with Crippen molar-refractivity contribution in [3.63, 3.8) is 0 Å². The van der Waals surface area contributed by atoms with Gasteiger partial charge in [0, 0.05) is 0 Å². The first-order chi connectivity index (χ1) is 14.9. The maximum Gasteiger partial charge on any atom is 0.275 e. The lowest BCUT2D eigenvalue weighted by molar-refractivity contribution is 0.0952. The van der Waals surface area contributed by atoms with Crippen LogP contribution >= 0.6 is 11.6 Å². The number of carbonyl (C=O) groups excluding carboxylic acids is 1. The van der Waals surface area contributed by atoms with E-state index >= 15 is 0 Å². The number of phenols is 1. The Morgan fingerprint density at radius 3 is 2.58 bits per heavy atom. The van der Waals surface area contributed by atoms with Crippen molar-refractivity contribution >= 4 is 34.5 Å². The van der Waals surface area contributed by atoms with Crippen molar-refractivity contribution in [1.29, 1.82) is 0 Å². The second-order valence-corrected chi connectivity index (χ2v) is 7.35. The molecule has 1 amide bonds. The Hall–Kier alpha value is -3.71. The van der Waals surface area contributed by atoms with Gasteiger partial charge in [-0.3, -0.25) is 4.79 Å². The summed E-state index contributed by atoms with van der Waals surface area (Å²) in [5.41, 5.74) is 4.54. The van der Waals surface area contributed by atoms with Crippen LogP contribution in [0.5, 0.6) is 5.75 Å². The van der Waals surface area contributed by atoms with Gasteiger partial charge in [0.05, 0.1) is 29.6 Å². The summed E-state index contributed by atoms with van der Waals surface area (Å²) in [6.07, 6.45) is 1.40. The molecule has 0 aliphatic rings. The fourth-order valence-electron chi connectivity index (χ4n) is 3.21. The summed E-state index contributed by atoms with van der Waals surface area (Å²) in [5, 5.41) is 20.5. The lowest BCUT2D eigenvalue weighted by atomic mass is 10.1. The van der Waals surface area contributed by atoms with Gasteiger partial charge in [0.2, 0.25) is 0 Å². The van der Waals surface area contributed by atoms with E-state index in [9.17, 15) is 14.3 Å². The van der Waals surface area contributed by atoms with Gasteiger partial charge >= 0.3 is 0 Å². The molecule has 4 rings (SSSR count). The van der Waals surface area contributed by atoms with Crippen molar-refractivity contribution in [2.24, 2.45) is 5.10 Å². The fourth-order valence-corrected chi connectivity index (χ4v) is 3.49. The molecule has 6 nitrogen and oxygen atoms in total. The van der Waals surface area contributed by atoms with Gasteiger partial charge in [0.25, 0.3) is 5.91 Å². The standard InChI is InChI=1S/C23H18ClFN4O2/c1-14-20(22(24)29(28-14)13-15-6-8-18(25)9-7-15)12-26-27-23(31)19-10-16-4-2-3-5-17(16)11-21(19)30/h2-12,30H,13H2,1H3,(H,27,31). The SMILES string of the molecule is Cc1nn(Cc2ccc(F)cc2)c(Cl)c1C=NNC(=O)c1cc2ccccc2cc1O. The van der Waals surface area contributed by atoms with Gasteiger partial charge in [-0.1, -0.05) is 48.0 Å². The molecule has 0 radical (unpaired) electrons. The third-order valence-corrected chi connectivity index (χ3v) is 5.22. The largest absolute Gasteiger partial charge is 0.507 e. The van der Waals surface area contributed by atoms with E-state index in [4.69, 9.17) is 11.6 Å². The minimum atomic E-state index is -0.549. The van der Waals surface area contributed by atoms with Crippen LogP contribution in [0.1, 0.15) is 27.2 Å². The summed E-state index contributed by atoms with van der Waals surface area (Å²) in [4.78, 5) is 12.5. The number of hydrazone groups is 1. The normalized spacial score (nSPS) is 11.3. The molecule has 0 atom stereocenters. The van der Waals surface area contributed by atoms with Crippen LogP contribution in [-0.4, -0.2) is 27.0 Å². The summed E-state index contributed by atoms with van der Waals surface area (Å²) in [5.74, 6) is -0.993. The van der Waals surface area contributed by atoms with E-state index < -0.39 is 5.91 Å². The van der Waals surface area contributed by atoms with E-state index in [0.717, 1.165) is 16.3 Å². The highest BCUT2D eigenvalue weighted by Gasteiger charge is 2.14. The smallest absolute Gasteiger partial charge is 0.275 e. The number of nitrogens with zero attached hydrogens (tertiary/aromatic N) is 3. The molecule has 0 aliphatic carbocycles. The van der Waals surface area contributed by atoms with Gasteiger partial charge in [0.1, 0.15) is 16.7 Å². The summed E-state index contributed by atoms with van der Waals surface area (Å²) in [7, 11) is 0. The van der Waals surface area contributed by atoms with Crippen LogP contribution in [0, 0.1) is 12.7 Å². The highest BCUT2D eigenvalue weighted by Crippen LogP contribution is 2.25. The third kappa shape index (κ3) is 4.41. The van der Waals surface area contributed by atoms with E-state index in [1.807, 2.05) is 24.3 Å². The fraction of sp³-hybridized carbons (Fsp3) is 0.0870. The van der Waals surface area contributed by atoms with Crippen LogP contribution in [0.15, 0.2) is 65.8 Å². The van der Waals surface area contributed by atoms with Crippen LogP contribution in [0.3, 0.4) is 0 Å². The Morgan fingerprint density at radius 2 is 1.87 bits per heavy atom. The maximum atomic E-state index is 13.1. The van der Waals surface area contributed by atoms with Gasteiger partial charge in [-0.2, -0.15) is 10.2 Å². The number of aryl methyl sites for hydroxylation is 1. The molecule has 4 aromatic rings. The Bertz CT molecular complexity index is 1300. The molecule has 0 saturated carbocycles. The number of aromatic hydroxyl groups is 1. The molecule has 1 heterocycles. The van der Waals surface area contributed by atoms with Crippen molar-refractivity contribution < 1.29 is 14.3 Å². The number of benzene rings is 3. The van der Waals surface area contributed by atoms with E-state index in [2.05, 4.69) is 15.6 Å². The number of carbonyl (C=O) groups is 1. The number of halogens is 2. The number of nitrogens with one attached hydrogen (secondary N) is 1. The molecule has 2 N–H and O–H groups in total. The van der Waals surface area contributed by atoms with Gasteiger partial charge < -0.3 is 5.11 Å². The van der Waals surface area contributed by atoms with Crippen LogP contribution in [0.2, 0.25) is 5.15 Å². The summed E-state index contributed by atoms with van der Waals surface area (Å²) in [6.45, 7) is 2.14.